The molecule has 0 N–H and O–H groups in total. The number of hydrogen-bond acceptors (Lipinski definition) is 6. The highest BCUT2D eigenvalue weighted by Gasteiger charge is 2.20. The lowest BCUT2D eigenvalue weighted by molar-refractivity contribution is -0.115. The minimum Gasteiger partial charge on any atom is -0.486 e. The minimum absolute atomic E-state index is 0.123. The van der Waals surface area contributed by atoms with Gasteiger partial charge in [-0.15, -0.1) is 11.3 Å². The lowest BCUT2D eigenvalue weighted by atomic mass is 10.1. The van der Waals surface area contributed by atoms with Gasteiger partial charge in [-0.2, -0.15) is 0 Å². The fourth-order valence-corrected chi connectivity index (χ4v) is 4.59. The van der Waals surface area contributed by atoms with Crippen molar-refractivity contribution < 1.29 is 13.9 Å². The highest BCUT2D eigenvalue weighted by atomic mass is 35.5. The zero-order valence-corrected chi connectivity index (χ0v) is 19.6. The quantitative estimate of drug-likeness (QED) is 0.331. The van der Waals surface area contributed by atoms with Crippen molar-refractivity contribution in [3.63, 3.8) is 0 Å². The van der Waals surface area contributed by atoms with Crippen LogP contribution in [-0.4, -0.2) is 10.9 Å². The first kappa shape index (κ1) is 22.0. The Morgan fingerprint density at radius 3 is 2.66 bits per heavy atom. The Bertz CT molecular complexity index is 1390. The van der Waals surface area contributed by atoms with Gasteiger partial charge in [0.15, 0.2) is 5.13 Å². The van der Waals surface area contributed by atoms with Crippen molar-refractivity contribution in [2.75, 3.05) is 4.90 Å². The molecule has 6 nitrogen and oxygen atoms in total. The molecule has 2 aromatic heterocycles. The number of thiazole rings is 1. The largest absolute Gasteiger partial charge is 0.486 e. The van der Waals surface area contributed by atoms with Crippen LogP contribution in [0.3, 0.4) is 0 Å². The molecule has 0 radical (unpaired) electrons. The fourth-order valence-electron chi connectivity index (χ4n) is 3.51. The minimum atomic E-state index is -0.428. The van der Waals surface area contributed by atoms with Crippen LogP contribution in [0.25, 0.3) is 11.0 Å². The SMILES string of the molecule is CC(=O)N(c1nc(COc2cc3oc(=O)cc(C)c3cc2Cl)cs1)c1ccc(C)cc1C. The summed E-state index contributed by atoms with van der Waals surface area (Å²) in [6.45, 7) is 7.47. The van der Waals surface area contributed by atoms with E-state index in [-0.39, 0.29) is 12.5 Å². The molecule has 2 heterocycles. The molecular weight excluding hydrogens is 448 g/mol. The number of nitrogens with zero attached hydrogens (tertiary/aromatic N) is 2. The van der Waals surface area contributed by atoms with Crippen molar-refractivity contribution >= 4 is 50.6 Å². The van der Waals surface area contributed by atoms with Gasteiger partial charge in [0.05, 0.1) is 16.4 Å². The highest BCUT2D eigenvalue weighted by molar-refractivity contribution is 7.14. The second kappa shape index (κ2) is 8.76. The van der Waals surface area contributed by atoms with E-state index in [9.17, 15) is 9.59 Å². The second-order valence-electron chi connectivity index (χ2n) is 7.58. The van der Waals surface area contributed by atoms with E-state index < -0.39 is 5.63 Å². The molecule has 2 aromatic carbocycles. The van der Waals surface area contributed by atoms with Crippen molar-refractivity contribution in [1.82, 2.24) is 4.98 Å². The maximum absolute atomic E-state index is 12.4. The molecule has 0 unspecified atom stereocenters. The fraction of sp³-hybridized carbons (Fsp3) is 0.208. The summed E-state index contributed by atoms with van der Waals surface area (Å²) in [5.41, 5.74) is 4.34. The predicted molar refractivity (Wildman–Crippen MR) is 127 cm³/mol. The van der Waals surface area contributed by atoms with E-state index in [4.69, 9.17) is 20.8 Å². The van der Waals surface area contributed by atoms with Gasteiger partial charge in [-0.1, -0.05) is 29.3 Å². The summed E-state index contributed by atoms with van der Waals surface area (Å²) in [4.78, 5) is 30.3. The molecule has 32 heavy (non-hydrogen) atoms. The van der Waals surface area contributed by atoms with Gasteiger partial charge in [0.2, 0.25) is 5.91 Å². The van der Waals surface area contributed by atoms with Gasteiger partial charge >= 0.3 is 5.63 Å². The molecule has 0 atom stereocenters. The molecule has 8 heteroatoms. The number of halogens is 1. The molecular formula is C24H21ClN2O4S. The van der Waals surface area contributed by atoms with E-state index in [0.717, 1.165) is 27.8 Å². The standard InChI is InChI=1S/C24H21ClN2O4S/c1-13-5-6-20(15(3)7-13)27(16(4)28)24-26-17(12-32-24)11-30-22-10-21-18(9-19(22)25)14(2)8-23(29)31-21/h5-10,12H,11H2,1-4H3. The third kappa shape index (κ3) is 4.40. The Labute approximate surface area is 194 Å². The number of benzene rings is 2. The zero-order chi connectivity index (χ0) is 23.0. The molecule has 0 saturated carbocycles. The van der Waals surface area contributed by atoms with Crippen LogP contribution in [-0.2, 0) is 11.4 Å². The predicted octanol–water partition coefficient (Wildman–Crippen LogP) is 6.09. The van der Waals surface area contributed by atoms with Gasteiger partial charge in [-0.3, -0.25) is 9.69 Å². The van der Waals surface area contributed by atoms with Crippen molar-refractivity contribution in [3.8, 4) is 5.75 Å². The number of amides is 1. The van der Waals surface area contributed by atoms with Gasteiger partial charge in [-0.25, -0.2) is 9.78 Å². The normalized spacial score (nSPS) is 11.0. The van der Waals surface area contributed by atoms with Crippen molar-refractivity contribution in [2.24, 2.45) is 0 Å². The van der Waals surface area contributed by atoms with Crippen LogP contribution >= 0.6 is 22.9 Å². The van der Waals surface area contributed by atoms with Gasteiger partial charge in [0.25, 0.3) is 0 Å². The molecule has 4 rings (SSSR count). The van der Waals surface area contributed by atoms with E-state index in [1.54, 1.807) is 17.0 Å². The van der Waals surface area contributed by atoms with E-state index in [2.05, 4.69) is 4.98 Å². The molecule has 1 amide bonds. The summed E-state index contributed by atoms with van der Waals surface area (Å²) in [5, 5.41) is 3.57. The summed E-state index contributed by atoms with van der Waals surface area (Å²) in [6.07, 6.45) is 0. The Hall–Kier alpha value is -3.16. The molecule has 164 valence electrons. The summed E-state index contributed by atoms with van der Waals surface area (Å²) in [6, 6.07) is 10.7. The first-order valence-electron chi connectivity index (χ1n) is 9.92. The molecule has 4 aromatic rings. The zero-order valence-electron chi connectivity index (χ0n) is 18.1. The van der Waals surface area contributed by atoms with Crippen LogP contribution in [0.15, 0.2) is 51.0 Å². The first-order chi connectivity index (χ1) is 15.2. The van der Waals surface area contributed by atoms with Crippen LogP contribution in [0.1, 0.15) is 29.3 Å². The Morgan fingerprint density at radius 2 is 1.94 bits per heavy atom. The summed E-state index contributed by atoms with van der Waals surface area (Å²) >= 11 is 7.73. The topological polar surface area (TPSA) is 72.6 Å². The lowest BCUT2D eigenvalue weighted by Crippen LogP contribution is -2.23. The Morgan fingerprint density at radius 1 is 1.16 bits per heavy atom. The molecule has 0 bridgehead atoms. The van der Waals surface area contributed by atoms with Crippen LogP contribution in [0.2, 0.25) is 5.02 Å². The Kier molecular flexibility index (Phi) is 6.04. The molecule has 0 aliphatic rings. The van der Waals surface area contributed by atoms with Gasteiger partial charge < -0.3 is 9.15 Å². The highest BCUT2D eigenvalue weighted by Crippen LogP contribution is 2.34. The van der Waals surface area contributed by atoms with Crippen LogP contribution in [0.5, 0.6) is 5.75 Å². The average Bonchev–Trinajstić information content (AvgIpc) is 3.17. The number of fused-ring (bicyclic) bond motifs is 1. The van der Waals surface area contributed by atoms with E-state index in [1.807, 2.05) is 44.4 Å². The van der Waals surface area contributed by atoms with Gasteiger partial charge in [-0.05, 0) is 44.0 Å². The molecule has 0 aliphatic carbocycles. The number of aromatic nitrogens is 1. The summed E-state index contributed by atoms with van der Waals surface area (Å²) in [5.74, 6) is 0.266. The van der Waals surface area contributed by atoms with Crippen molar-refractivity contribution in [3.05, 3.63) is 79.6 Å². The van der Waals surface area contributed by atoms with Gasteiger partial charge in [0, 0.05) is 29.8 Å². The summed E-state index contributed by atoms with van der Waals surface area (Å²) < 4.78 is 11.1. The first-order valence-corrected chi connectivity index (χ1v) is 11.2. The third-order valence-electron chi connectivity index (χ3n) is 5.02. The number of ether oxygens (including phenoxy) is 1. The second-order valence-corrected chi connectivity index (χ2v) is 8.83. The number of carbonyl (C=O) groups excluding carboxylic acids is 1. The number of rotatable bonds is 5. The number of hydrogen-bond donors (Lipinski definition) is 0. The maximum Gasteiger partial charge on any atom is 0.336 e. The summed E-state index contributed by atoms with van der Waals surface area (Å²) in [7, 11) is 0. The van der Waals surface area contributed by atoms with Crippen LogP contribution < -0.4 is 15.3 Å². The van der Waals surface area contributed by atoms with Crippen LogP contribution in [0.4, 0.5) is 10.8 Å². The number of aryl methyl sites for hydroxylation is 3. The number of anilines is 2. The lowest BCUT2D eigenvalue weighted by Gasteiger charge is -2.20. The maximum atomic E-state index is 12.4. The van der Waals surface area contributed by atoms with E-state index in [1.165, 1.54) is 24.3 Å². The van der Waals surface area contributed by atoms with E-state index >= 15 is 0 Å². The molecule has 0 aliphatic heterocycles. The molecule has 0 saturated heterocycles. The third-order valence-corrected chi connectivity index (χ3v) is 6.19. The Balaban J connectivity index is 1.58. The molecule has 0 spiro atoms. The monoisotopic (exact) mass is 468 g/mol. The molecule has 0 fully saturated rings. The number of carbonyl (C=O) groups is 1. The van der Waals surface area contributed by atoms with E-state index in [0.29, 0.717) is 27.2 Å². The smallest absolute Gasteiger partial charge is 0.336 e. The van der Waals surface area contributed by atoms with Crippen molar-refractivity contribution in [2.45, 2.75) is 34.3 Å². The van der Waals surface area contributed by atoms with Crippen LogP contribution in [0, 0.1) is 20.8 Å². The van der Waals surface area contributed by atoms with Crippen molar-refractivity contribution in [1.29, 1.82) is 0 Å². The average molecular weight is 469 g/mol. The van der Waals surface area contributed by atoms with Gasteiger partial charge in [0.1, 0.15) is 17.9 Å².